The minimum Gasteiger partial charge on any atom is -0.324 e. The van der Waals surface area contributed by atoms with Crippen molar-refractivity contribution in [1.82, 2.24) is 9.55 Å². The maximum atomic E-state index is 6.08. The molecule has 17 heavy (non-hydrogen) atoms. The number of rotatable bonds is 2. The molecule has 2 aromatic rings. The number of halogens is 2. The molecule has 4 heteroatoms. The molecule has 1 aromatic heterocycles. The highest BCUT2D eigenvalue weighted by Gasteiger charge is 2.22. The van der Waals surface area contributed by atoms with Gasteiger partial charge in [0.1, 0.15) is 5.82 Å². The van der Waals surface area contributed by atoms with Crippen LogP contribution in [0.15, 0.2) is 18.2 Å². The van der Waals surface area contributed by atoms with Gasteiger partial charge in [-0.3, -0.25) is 0 Å². The summed E-state index contributed by atoms with van der Waals surface area (Å²) in [6, 6.07) is 6.40. The van der Waals surface area contributed by atoms with E-state index >= 15 is 0 Å². The molecule has 0 N–H and O–H groups in total. The molecule has 0 aliphatic heterocycles. The molecular formula is C13H14Cl2N2. The molecule has 0 radical (unpaired) electrons. The van der Waals surface area contributed by atoms with Gasteiger partial charge in [-0.05, 0) is 31.0 Å². The molecule has 0 amide bonds. The number of alkyl halides is 1. The Balaban J connectivity index is 2.20. The molecule has 0 saturated heterocycles. The van der Waals surface area contributed by atoms with E-state index in [0.29, 0.717) is 11.9 Å². The van der Waals surface area contributed by atoms with Crippen LogP contribution >= 0.6 is 23.2 Å². The summed E-state index contributed by atoms with van der Waals surface area (Å²) in [6.07, 6.45) is 5.04. The van der Waals surface area contributed by atoms with E-state index in [1.807, 2.05) is 18.2 Å². The Morgan fingerprint density at radius 2 is 2.06 bits per heavy atom. The van der Waals surface area contributed by atoms with Gasteiger partial charge in [-0.2, -0.15) is 0 Å². The largest absolute Gasteiger partial charge is 0.324 e. The van der Waals surface area contributed by atoms with Gasteiger partial charge in [0, 0.05) is 11.1 Å². The van der Waals surface area contributed by atoms with Gasteiger partial charge in [-0.25, -0.2) is 4.98 Å². The molecule has 1 aliphatic carbocycles. The molecule has 2 nitrogen and oxygen atoms in total. The summed E-state index contributed by atoms with van der Waals surface area (Å²) in [7, 11) is 0. The lowest BCUT2D eigenvalue weighted by Crippen LogP contribution is -2.07. The zero-order chi connectivity index (χ0) is 11.8. The van der Waals surface area contributed by atoms with E-state index in [4.69, 9.17) is 23.2 Å². The fourth-order valence-electron chi connectivity index (χ4n) is 2.78. The van der Waals surface area contributed by atoms with E-state index in [-0.39, 0.29) is 0 Å². The first kappa shape index (κ1) is 11.4. The Labute approximate surface area is 111 Å². The fraction of sp³-hybridized carbons (Fsp3) is 0.462. The minimum atomic E-state index is 0.461. The third-order valence-corrected chi connectivity index (χ3v) is 4.01. The van der Waals surface area contributed by atoms with Crippen LogP contribution in [0.1, 0.15) is 37.5 Å². The number of hydrogen-bond acceptors (Lipinski definition) is 1. The monoisotopic (exact) mass is 268 g/mol. The Morgan fingerprint density at radius 3 is 2.76 bits per heavy atom. The van der Waals surface area contributed by atoms with E-state index in [2.05, 4.69) is 9.55 Å². The van der Waals surface area contributed by atoms with Crippen LogP contribution < -0.4 is 0 Å². The van der Waals surface area contributed by atoms with E-state index in [1.54, 1.807) is 0 Å². The van der Waals surface area contributed by atoms with Crippen molar-refractivity contribution in [3.63, 3.8) is 0 Å². The quantitative estimate of drug-likeness (QED) is 0.731. The van der Waals surface area contributed by atoms with E-state index in [0.717, 1.165) is 21.9 Å². The van der Waals surface area contributed by atoms with Crippen LogP contribution in [0.4, 0.5) is 0 Å². The van der Waals surface area contributed by atoms with Crippen molar-refractivity contribution in [2.75, 3.05) is 0 Å². The van der Waals surface area contributed by atoms with Gasteiger partial charge < -0.3 is 4.57 Å². The van der Waals surface area contributed by atoms with Crippen molar-refractivity contribution < 1.29 is 0 Å². The molecule has 1 aromatic carbocycles. The standard InChI is InChI=1S/C13H14Cl2N2/c14-8-13-16-11-6-5-9(15)7-12(11)17(13)10-3-1-2-4-10/h5-7,10H,1-4,8H2. The predicted molar refractivity (Wildman–Crippen MR) is 71.8 cm³/mol. The Kier molecular flexibility index (Phi) is 3.01. The van der Waals surface area contributed by atoms with E-state index in [9.17, 15) is 0 Å². The van der Waals surface area contributed by atoms with Gasteiger partial charge in [-0.15, -0.1) is 11.6 Å². The van der Waals surface area contributed by atoms with E-state index in [1.165, 1.54) is 25.7 Å². The van der Waals surface area contributed by atoms with Crippen molar-refractivity contribution >= 4 is 34.2 Å². The molecule has 1 saturated carbocycles. The molecular weight excluding hydrogens is 255 g/mol. The van der Waals surface area contributed by atoms with Crippen LogP contribution in [0.25, 0.3) is 11.0 Å². The second kappa shape index (κ2) is 4.51. The second-order valence-corrected chi connectivity index (χ2v) is 5.31. The lowest BCUT2D eigenvalue weighted by Gasteiger charge is -2.15. The Bertz CT molecular complexity index is 542. The van der Waals surface area contributed by atoms with Crippen LogP contribution in [0.2, 0.25) is 5.02 Å². The smallest absolute Gasteiger partial charge is 0.125 e. The summed E-state index contributed by atoms with van der Waals surface area (Å²) in [5.41, 5.74) is 2.12. The average molecular weight is 269 g/mol. The van der Waals surface area contributed by atoms with Crippen LogP contribution in [0, 0.1) is 0 Å². The van der Waals surface area contributed by atoms with Crippen LogP contribution in [0.5, 0.6) is 0 Å². The highest BCUT2D eigenvalue weighted by atomic mass is 35.5. The topological polar surface area (TPSA) is 17.8 Å². The summed E-state index contributed by atoms with van der Waals surface area (Å²) in [4.78, 5) is 4.59. The summed E-state index contributed by atoms with van der Waals surface area (Å²) in [6.45, 7) is 0. The number of imidazole rings is 1. The van der Waals surface area contributed by atoms with Crippen molar-refractivity contribution in [2.24, 2.45) is 0 Å². The number of fused-ring (bicyclic) bond motifs is 1. The fourth-order valence-corrected chi connectivity index (χ4v) is 3.14. The minimum absolute atomic E-state index is 0.461. The molecule has 0 unspecified atom stereocenters. The normalized spacial score (nSPS) is 17.1. The lowest BCUT2D eigenvalue weighted by atomic mass is 10.2. The van der Waals surface area contributed by atoms with Crippen molar-refractivity contribution in [1.29, 1.82) is 0 Å². The number of hydrogen-bond donors (Lipinski definition) is 0. The maximum absolute atomic E-state index is 6.08. The lowest BCUT2D eigenvalue weighted by molar-refractivity contribution is 0.518. The predicted octanol–water partition coefficient (Wildman–Crippen LogP) is 4.54. The molecule has 0 bridgehead atoms. The van der Waals surface area contributed by atoms with Gasteiger partial charge in [0.25, 0.3) is 0 Å². The number of benzene rings is 1. The summed E-state index contributed by atoms with van der Waals surface area (Å²) < 4.78 is 2.29. The summed E-state index contributed by atoms with van der Waals surface area (Å²) in [5.74, 6) is 1.43. The Morgan fingerprint density at radius 1 is 1.29 bits per heavy atom. The maximum Gasteiger partial charge on any atom is 0.125 e. The first-order chi connectivity index (χ1) is 8.29. The molecule has 1 aliphatic rings. The van der Waals surface area contributed by atoms with Crippen LogP contribution in [-0.2, 0) is 5.88 Å². The highest BCUT2D eigenvalue weighted by Crippen LogP contribution is 2.34. The van der Waals surface area contributed by atoms with Crippen molar-refractivity contribution in [2.45, 2.75) is 37.6 Å². The SMILES string of the molecule is ClCc1nc2ccc(Cl)cc2n1C1CCCC1. The average Bonchev–Trinajstić information content (AvgIpc) is 2.93. The zero-order valence-corrected chi connectivity index (χ0v) is 11.0. The second-order valence-electron chi connectivity index (χ2n) is 4.60. The highest BCUT2D eigenvalue weighted by molar-refractivity contribution is 6.31. The molecule has 3 rings (SSSR count). The zero-order valence-electron chi connectivity index (χ0n) is 9.50. The van der Waals surface area contributed by atoms with Crippen molar-refractivity contribution in [3.8, 4) is 0 Å². The molecule has 0 spiro atoms. The van der Waals surface area contributed by atoms with Gasteiger partial charge in [0.15, 0.2) is 0 Å². The van der Waals surface area contributed by atoms with Crippen molar-refractivity contribution in [3.05, 3.63) is 29.0 Å². The molecule has 90 valence electrons. The van der Waals surface area contributed by atoms with Gasteiger partial charge in [0.05, 0.1) is 16.9 Å². The summed E-state index contributed by atoms with van der Waals surface area (Å²) >= 11 is 12.1. The summed E-state index contributed by atoms with van der Waals surface area (Å²) in [5, 5.41) is 0.762. The first-order valence-electron chi connectivity index (χ1n) is 6.02. The third kappa shape index (κ3) is 1.94. The van der Waals surface area contributed by atoms with Gasteiger partial charge >= 0.3 is 0 Å². The third-order valence-electron chi connectivity index (χ3n) is 3.53. The van der Waals surface area contributed by atoms with E-state index < -0.39 is 0 Å². The van der Waals surface area contributed by atoms with Crippen LogP contribution in [0.3, 0.4) is 0 Å². The molecule has 1 heterocycles. The number of aromatic nitrogens is 2. The van der Waals surface area contributed by atoms with Gasteiger partial charge in [0.2, 0.25) is 0 Å². The van der Waals surface area contributed by atoms with Gasteiger partial charge in [-0.1, -0.05) is 24.4 Å². The van der Waals surface area contributed by atoms with Crippen LogP contribution in [-0.4, -0.2) is 9.55 Å². The molecule has 0 atom stereocenters. The number of nitrogens with zero attached hydrogens (tertiary/aromatic N) is 2. The Hall–Kier alpha value is -0.730. The molecule has 1 fully saturated rings. The first-order valence-corrected chi connectivity index (χ1v) is 6.93.